The number of nitrogens with zero attached hydrogens (tertiary/aromatic N) is 2. The number of hydrogen-bond acceptors (Lipinski definition) is 3. The molecule has 0 aliphatic heterocycles. The SMILES string of the molecule is C[C@H](NC(=O)Nc1ccc(F)cn1)c1cccnc1. The molecule has 0 unspecified atom stereocenters. The summed E-state index contributed by atoms with van der Waals surface area (Å²) >= 11 is 0. The summed E-state index contributed by atoms with van der Waals surface area (Å²) in [7, 11) is 0. The summed E-state index contributed by atoms with van der Waals surface area (Å²) in [5.74, 6) is -0.160. The minimum absolute atomic E-state index is 0.186. The van der Waals surface area contributed by atoms with Crippen LogP contribution in [0.1, 0.15) is 18.5 Å². The first-order valence-electron chi connectivity index (χ1n) is 5.74. The Hall–Kier alpha value is -2.50. The van der Waals surface area contributed by atoms with E-state index < -0.39 is 11.8 Å². The van der Waals surface area contributed by atoms with Crippen molar-refractivity contribution in [3.63, 3.8) is 0 Å². The summed E-state index contributed by atoms with van der Waals surface area (Å²) in [6, 6.07) is 5.70. The maximum Gasteiger partial charge on any atom is 0.320 e. The monoisotopic (exact) mass is 260 g/mol. The first kappa shape index (κ1) is 12.9. The van der Waals surface area contributed by atoms with Crippen LogP contribution in [0.5, 0.6) is 0 Å². The molecular weight excluding hydrogens is 247 g/mol. The number of carbonyl (C=O) groups excluding carboxylic acids is 1. The van der Waals surface area contributed by atoms with Gasteiger partial charge < -0.3 is 5.32 Å². The van der Waals surface area contributed by atoms with Gasteiger partial charge in [-0.25, -0.2) is 14.2 Å². The zero-order valence-electron chi connectivity index (χ0n) is 10.3. The standard InChI is InChI=1S/C13H13FN4O/c1-9(10-3-2-6-15-7-10)17-13(19)18-12-5-4-11(14)8-16-12/h2-9H,1H3,(H2,16,17,18,19)/t9-/m0/s1. The van der Waals surface area contributed by atoms with Crippen molar-refractivity contribution < 1.29 is 9.18 Å². The molecule has 1 atom stereocenters. The van der Waals surface area contributed by atoms with Gasteiger partial charge in [-0.2, -0.15) is 0 Å². The molecule has 0 spiro atoms. The van der Waals surface area contributed by atoms with Crippen molar-refractivity contribution in [3.8, 4) is 0 Å². The predicted octanol–water partition coefficient (Wildman–Crippen LogP) is 2.50. The van der Waals surface area contributed by atoms with Crippen molar-refractivity contribution in [2.75, 3.05) is 5.32 Å². The van der Waals surface area contributed by atoms with E-state index in [0.717, 1.165) is 11.8 Å². The highest BCUT2D eigenvalue weighted by Gasteiger charge is 2.09. The highest BCUT2D eigenvalue weighted by atomic mass is 19.1. The van der Waals surface area contributed by atoms with Crippen molar-refractivity contribution >= 4 is 11.8 Å². The number of pyridine rings is 2. The topological polar surface area (TPSA) is 66.9 Å². The molecule has 0 aliphatic carbocycles. The van der Waals surface area contributed by atoms with Crippen molar-refractivity contribution in [1.29, 1.82) is 0 Å². The van der Waals surface area contributed by atoms with Gasteiger partial charge in [0, 0.05) is 12.4 Å². The Bertz CT molecular complexity index is 544. The Morgan fingerprint density at radius 3 is 2.79 bits per heavy atom. The molecule has 0 bridgehead atoms. The maximum absolute atomic E-state index is 12.7. The third kappa shape index (κ3) is 3.74. The molecule has 0 saturated carbocycles. The Labute approximate surface area is 109 Å². The molecule has 0 radical (unpaired) electrons. The number of rotatable bonds is 3. The van der Waals surface area contributed by atoms with Crippen LogP contribution in [-0.4, -0.2) is 16.0 Å². The van der Waals surface area contributed by atoms with Gasteiger partial charge in [0.2, 0.25) is 0 Å². The fourth-order valence-corrected chi connectivity index (χ4v) is 1.51. The van der Waals surface area contributed by atoms with E-state index in [0.29, 0.717) is 0 Å². The molecule has 0 aliphatic rings. The van der Waals surface area contributed by atoms with E-state index >= 15 is 0 Å². The number of urea groups is 1. The number of aromatic nitrogens is 2. The summed E-state index contributed by atoms with van der Waals surface area (Å²) in [5.41, 5.74) is 0.893. The largest absolute Gasteiger partial charge is 0.331 e. The van der Waals surface area contributed by atoms with Gasteiger partial charge in [0.05, 0.1) is 12.2 Å². The summed E-state index contributed by atoms with van der Waals surface area (Å²) in [6.07, 6.45) is 4.39. The summed E-state index contributed by atoms with van der Waals surface area (Å²) in [4.78, 5) is 19.4. The third-order valence-electron chi connectivity index (χ3n) is 2.50. The fourth-order valence-electron chi connectivity index (χ4n) is 1.51. The Morgan fingerprint density at radius 1 is 1.32 bits per heavy atom. The van der Waals surface area contributed by atoms with Crippen molar-refractivity contribution in [1.82, 2.24) is 15.3 Å². The van der Waals surface area contributed by atoms with Crippen molar-refractivity contribution in [2.24, 2.45) is 0 Å². The summed E-state index contributed by atoms with van der Waals surface area (Å²) in [6.45, 7) is 1.84. The number of carbonyl (C=O) groups is 1. The molecule has 2 rings (SSSR count). The Morgan fingerprint density at radius 2 is 2.16 bits per heavy atom. The quantitative estimate of drug-likeness (QED) is 0.891. The second kappa shape index (κ2) is 5.90. The lowest BCUT2D eigenvalue weighted by Crippen LogP contribution is -2.31. The van der Waals surface area contributed by atoms with Gasteiger partial charge in [-0.15, -0.1) is 0 Å². The second-order valence-corrected chi connectivity index (χ2v) is 3.97. The highest BCUT2D eigenvalue weighted by Crippen LogP contribution is 2.10. The van der Waals surface area contributed by atoms with Crippen LogP contribution in [0, 0.1) is 5.82 Å². The Kier molecular flexibility index (Phi) is 4.02. The van der Waals surface area contributed by atoms with Gasteiger partial charge >= 0.3 is 6.03 Å². The average molecular weight is 260 g/mol. The molecule has 2 aromatic rings. The third-order valence-corrected chi connectivity index (χ3v) is 2.50. The van der Waals surface area contributed by atoms with Gasteiger partial charge in [0.25, 0.3) is 0 Å². The maximum atomic E-state index is 12.7. The lowest BCUT2D eigenvalue weighted by atomic mass is 10.1. The average Bonchev–Trinajstić information content (AvgIpc) is 2.42. The molecule has 2 amide bonds. The number of nitrogens with one attached hydrogen (secondary N) is 2. The molecule has 0 aromatic carbocycles. The van der Waals surface area contributed by atoms with Crippen LogP contribution in [0.15, 0.2) is 42.9 Å². The van der Waals surface area contributed by atoms with E-state index in [1.807, 2.05) is 13.0 Å². The van der Waals surface area contributed by atoms with Crippen LogP contribution in [0.25, 0.3) is 0 Å². The smallest absolute Gasteiger partial charge is 0.320 e. The second-order valence-electron chi connectivity index (χ2n) is 3.97. The number of anilines is 1. The minimum atomic E-state index is -0.449. The summed E-state index contributed by atoms with van der Waals surface area (Å²) < 4.78 is 12.7. The van der Waals surface area contributed by atoms with Gasteiger partial charge in [-0.3, -0.25) is 10.3 Å². The van der Waals surface area contributed by atoms with E-state index in [4.69, 9.17) is 0 Å². The summed E-state index contributed by atoms with van der Waals surface area (Å²) in [5, 5.41) is 5.26. The van der Waals surface area contributed by atoms with E-state index in [1.165, 1.54) is 12.1 Å². The van der Waals surface area contributed by atoms with Crippen LogP contribution in [-0.2, 0) is 0 Å². The predicted molar refractivity (Wildman–Crippen MR) is 69.0 cm³/mol. The molecule has 0 fully saturated rings. The molecule has 0 saturated heterocycles. The zero-order chi connectivity index (χ0) is 13.7. The number of hydrogen-bond donors (Lipinski definition) is 2. The normalized spacial score (nSPS) is 11.7. The van der Waals surface area contributed by atoms with Crippen molar-refractivity contribution in [3.05, 3.63) is 54.2 Å². The van der Waals surface area contributed by atoms with Crippen LogP contribution < -0.4 is 10.6 Å². The number of amides is 2. The van der Waals surface area contributed by atoms with E-state index in [-0.39, 0.29) is 11.9 Å². The molecule has 2 N–H and O–H groups in total. The van der Waals surface area contributed by atoms with E-state index in [1.54, 1.807) is 18.5 Å². The van der Waals surface area contributed by atoms with Gasteiger partial charge in [0.15, 0.2) is 0 Å². The van der Waals surface area contributed by atoms with Crippen LogP contribution in [0.2, 0.25) is 0 Å². The van der Waals surface area contributed by atoms with E-state index in [2.05, 4.69) is 20.6 Å². The Balaban J connectivity index is 1.93. The molecule has 19 heavy (non-hydrogen) atoms. The van der Waals surface area contributed by atoms with Gasteiger partial charge in [0.1, 0.15) is 11.6 Å². The zero-order valence-corrected chi connectivity index (χ0v) is 10.3. The van der Waals surface area contributed by atoms with Crippen LogP contribution in [0.4, 0.5) is 15.0 Å². The van der Waals surface area contributed by atoms with Crippen LogP contribution >= 0.6 is 0 Å². The molecular formula is C13H13FN4O. The lowest BCUT2D eigenvalue weighted by molar-refractivity contribution is 0.249. The first-order valence-corrected chi connectivity index (χ1v) is 5.74. The first-order chi connectivity index (χ1) is 9.15. The van der Waals surface area contributed by atoms with Crippen LogP contribution in [0.3, 0.4) is 0 Å². The molecule has 2 heterocycles. The fraction of sp³-hybridized carbons (Fsp3) is 0.154. The number of halogens is 1. The van der Waals surface area contributed by atoms with E-state index in [9.17, 15) is 9.18 Å². The molecule has 2 aromatic heterocycles. The van der Waals surface area contributed by atoms with Gasteiger partial charge in [-0.1, -0.05) is 6.07 Å². The molecule has 98 valence electrons. The molecule has 5 nitrogen and oxygen atoms in total. The highest BCUT2D eigenvalue weighted by molar-refractivity contribution is 5.88. The van der Waals surface area contributed by atoms with Crippen molar-refractivity contribution in [2.45, 2.75) is 13.0 Å². The molecule has 6 heteroatoms. The lowest BCUT2D eigenvalue weighted by Gasteiger charge is -2.14. The minimum Gasteiger partial charge on any atom is -0.331 e. The van der Waals surface area contributed by atoms with Gasteiger partial charge in [-0.05, 0) is 30.7 Å².